The standard InChI is InChI=1S/C26H32N6O7/c27-31-21(33)25(11-7-17(8-12-25)37-19-5-1-3-15-29-19)23(35)39-24(36)26(22(34)32-28)13-9-18(10-14-26)38-20-6-2-4-16-30-20/h1-6,15-18H,7-14,27-28H2,(H,31,33)(H,32,34). The summed E-state index contributed by atoms with van der Waals surface area (Å²) in [6.45, 7) is 0. The van der Waals surface area contributed by atoms with Gasteiger partial charge in [-0.1, -0.05) is 12.1 Å². The molecule has 2 aromatic rings. The van der Waals surface area contributed by atoms with Gasteiger partial charge in [-0.3, -0.25) is 30.0 Å². The zero-order valence-electron chi connectivity index (χ0n) is 21.3. The summed E-state index contributed by atoms with van der Waals surface area (Å²) in [7, 11) is 0. The molecule has 0 saturated heterocycles. The summed E-state index contributed by atoms with van der Waals surface area (Å²) in [5.74, 6) is 7.96. The molecule has 0 aromatic carbocycles. The molecule has 2 aromatic heterocycles. The van der Waals surface area contributed by atoms with Crippen LogP contribution in [0, 0.1) is 10.8 Å². The number of hydrazine groups is 2. The maximum absolute atomic E-state index is 13.4. The van der Waals surface area contributed by atoms with Gasteiger partial charge < -0.3 is 14.2 Å². The third-order valence-electron chi connectivity index (χ3n) is 7.52. The number of pyridine rings is 2. The second-order valence-electron chi connectivity index (χ2n) is 9.76. The molecule has 2 aliphatic rings. The molecule has 2 aliphatic carbocycles. The van der Waals surface area contributed by atoms with Crippen LogP contribution < -0.4 is 32.0 Å². The Bertz CT molecular complexity index is 1070. The fourth-order valence-electron chi connectivity index (χ4n) is 5.18. The molecular formula is C26H32N6O7. The predicted molar refractivity (Wildman–Crippen MR) is 135 cm³/mol. The number of amides is 2. The highest BCUT2D eigenvalue weighted by atomic mass is 16.6. The van der Waals surface area contributed by atoms with Crippen molar-refractivity contribution in [2.24, 2.45) is 22.5 Å². The van der Waals surface area contributed by atoms with Crippen molar-refractivity contribution in [1.29, 1.82) is 0 Å². The van der Waals surface area contributed by atoms with Crippen LogP contribution in [-0.2, 0) is 23.9 Å². The van der Waals surface area contributed by atoms with E-state index in [0.717, 1.165) is 0 Å². The summed E-state index contributed by atoms with van der Waals surface area (Å²) in [6.07, 6.45) is 3.94. The molecule has 6 N–H and O–H groups in total. The van der Waals surface area contributed by atoms with Crippen LogP contribution in [0.1, 0.15) is 51.4 Å². The molecule has 0 radical (unpaired) electrons. The first-order valence-electron chi connectivity index (χ1n) is 12.8. The van der Waals surface area contributed by atoms with E-state index in [1.165, 1.54) is 0 Å². The molecule has 2 heterocycles. The van der Waals surface area contributed by atoms with Gasteiger partial charge in [-0.25, -0.2) is 21.7 Å². The van der Waals surface area contributed by atoms with E-state index in [-0.39, 0.29) is 37.9 Å². The first-order chi connectivity index (χ1) is 18.8. The average Bonchev–Trinajstić information content (AvgIpc) is 2.98. The largest absolute Gasteiger partial charge is 0.474 e. The predicted octanol–water partition coefficient (Wildman–Crippen LogP) is 0.842. The number of aromatic nitrogens is 2. The topological polar surface area (TPSA) is 198 Å². The van der Waals surface area contributed by atoms with E-state index in [9.17, 15) is 19.2 Å². The molecule has 0 unspecified atom stereocenters. The van der Waals surface area contributed by atoms with Gasteiger partial charge in [0.25, 0.3) is 11.8 Å². The van der Waals surface area contributed by atoms with Crippen molar-refractivity contribution in [3.05, 3.63) is 48.8 Å². The Balaban J connectivity index is 1.43. The minimum atomic E-state index is -1.71. The summed E-state index contributed by atoms with van der Waals surface area (Å²) in [5.41, 5.74) is 0.612. The molecule has 208 valence electrons. The van der Waals surface area contributed by atoms with E-state index in [0.29, 0.717) is 37.4 Å². The summed E-state index contributed by atoms with van der Waals surface area (Å²) in [5, 5.41) is 0. The number of ether oxygens (including phenoxy) is 3. The Morgan fingerprint density at radius 3 is 1.38 bits per heavy atom. The SMILES string of the molecule is NNC(=O)C1(C(=O)OC(=O)C2(C(=O)NN)CCC(Oc3ccccn3)CC2)CCC(Oc2ccccn2)CC1. The van der Waals surface area contributed by atoms with Gasteiger partial charge >= 0.3 is 11.9 Å². The van der Waals surface area contributed by atoms with Crippen molar-refractivity contribution in [1.82, 2.24) is 20.8 Å². The number of carbonyl (C=O) groups excluding carboxylic acids is 4. The molecule has 0 atom stereocenters. The molecule has 2 fully saturated rings. The molecule has 13 nitrogen and oxygen atoms in total. The normalized spacial score (nSPS) is 26.5. The van der Waals surface area contributed by atoms with Gasteiger partial charge in [0.05, 0.1) is 0 Å². The number of hydrogen-bond donors (Lipinski definition) is 4. The van der Waals surface area contributed by atoms with Crippen LogP contribution in [-0.4, -0.2) is 45.9 Å². The minimum Gasteiger partial charge on any atom is -0.474 e. The smallest absolute Gasteiger partial charge is 0.329 e. The van der Waals surface area contributed by atoms with Crippen molar-refractivity contribution >= 4 is 23.8 Å². The van der Waals surface area contributed by atoms with Crippen LogP contribution in [0.4, 0.5) is 0 Å². The number of nitrogens with zero attached hydrogens (tertiary/aromatic N) is 2. The van der Waals surface area contributed by atoms with E-state index in [2.05, 4.69) is 9.97 Å². The van der Waals surface area contributed by atoms with Crippen molar-refractivity contribution in [3.8, 4) is 11.8 Å². The highest BCUT2D eigenvalue weighted by Crippen LogP contribution is 2.42. The van der Waals surface area contributed by atoms with Crippen LogP contribution in [0.5, 0.6) is 11.8 Å². The lowest BCUT2D eigenvalue weighted by molar-refractivity contribution is -0.180. The fraction of sp³-hybridized carbons (Fsp3) is 0.462. The lowest BCUT2D eigenvalue weighted by Gasteiger charge is -2.38. The number of carbonyl (C=O) groups is 4. The maximum atomic E-state index is 13.4. The Hall–Kier alpha value is -4.10. The molecule has 0 bridgehead atoms. The van der Waals surface area contributed by atoms with Crippen LogP contribution in [0.2, 0.25) is 0 Å². The van der Waals surface area contributed by atoms with E-state index in [1.54, 1.807) is 48.8 Å². The van der Waals surface area contributed by atoms with Crippen molar-refractivity contribution in [2.75, 3.05) is 0 Å². The van der Waals surface area contributed by atoms with Gasteiger partial charge in [-0.2, -0.15) is 0 Å². The molecule has 39 heavy (non-hydrogen) atoms. The summed E-state index contributed by atoms with van der Waals surface area (Å²) in [4.78, 5) is 60.7. The molecule has 0 spiro atoms. The Morgan fingerprint density at radius 2 is 1.08 bits per heavy atom. The van der Waals surface area contributed by atoms with Crippen LogP contribution in [0.25, 0.3) is 0 Å². The lowest BCUT2D eigenvalue weighted by atomic mass is 9.71. The van der Waals surface area contributed by atoms with Gasteiger partial charge in [0.1, 0.15) is 23.0 Å². The fourth-order valence-corrected chi connectivity index (χ4v) is 5.18. The Labute approximate surface area is 224 Å². The van der Waals surface area contributed by atoms with Crippen LogP contribution in [0.15, 0.2) is 48.8 Å². The second kappa shape index (κ2) is 12.2. The Kier molecular flexibility index (Phi) is 8.72. The molecule has 0 aliphatic heterocycles. The van der Waals surface area contributed by atoms with Gasteiger partial charge in [0, 0.05) is 24.5 Å². The maximum Gasteiger partial charge on any atom is 0.329 e. The monoisotopic (exact) mass is 540 g/mol. The first kappa shape index (κ1) is 27.9. The quantitative estimate of drug-likeness (QED) is 0.122. The van der Waals surface area contributed by atoms with Crippen molar-refractivity contribution in [2.45, 2.75) is 63.6 Å². The number of hydrogen-bond acceptors (Lipinski definition) is 11. The van der Waals surface area contributed by atoms with Gasteiger partial charge in [0.2, 0.25) is 11.8 Å². The molecule has 2 saturated carbocycles. The zero-order chi connectivity index (χ0) is 27.9. The zero-order valence-corrected chi connectivity index (χ0v) is 21.3. The third-order valence-corrected chi connectivity index (χ3v) is 7.52. The minimum absolute atomic E-state index is 0.0235. The third kappa shape index (κ3) is 5.99. The molecular weight excluding hydrogens is 508 g/mol. The summed E-state index contributed by atoms with van der Waals surface area (Å²) < 4.78 is 17.0. The first-order valence-corrected chi connectivity index (χ1v) is 12.8. The van der Waals surface area contributed by atoms with Crippen molar-refractivity contribution in [3.63, 3.8) is 0 Å². The summed E-state index contributed by atoms with van der Waals surface area (Å²) >= 11 is 0. The average molecular weight is 541 g/mol. The highest BCUT2D eigenvalue weighted by Gasteiger charge is 2.55. The van der Waals surface area contributed by atoms with E-state index in [4.69, 9.17) is 25.9 Å². The molecule has 4 rings (SSSR count). The summed E-state index contributed by atoms with van der Waals surface area (Å²) in [6, 6.07) is 10.5. The van der Waals surface area contributed by atoms with Gasteiger partial charge in [0.15, 0.2) is 0 Å². The van der Waals surface area contributed by atoms with Crippen LogP contribution in [0.3, 0.4) is 0 Å². The highest BCUT2D eigenvalue weighted by molar-refractivity contribution is 6.10. The van der Waals surface area contributed by atoms with Crippen LogP contribution >= 0.6 is 0 Å². The van der Waals surface area contributed by atoms with E-state index >= 15 is 0 Å². The van der Waals surface area contributed by atoms with E-state index in [1.807, 2.05) is 10.9 Å². The number of rotatable bonds is 8. The van der Waals surface area contributed by atoms with E-state index < -0.39 is 34.6 Å². The van der Waals surface area contributed by atoms with Gasteiger partial charge in [-0.15, -0.1) is 0 Å². The number of nitrogens with one attached hydrogen (secondary N) is 2. The number of esters is 2. The van der Waals surface area contributed by atoms with Crippen molar-refractivity contribution < 1.29 is 33.4 Å². The number of nitrogens with two attached hydrogens (primary N) is 2. The molecule has 2 amide bonds. The second-order valence-corrected chi connectivity index (χ2v) is 9.76. The Morgan fingerprint density at radius 1 is 0.692 bits per heavy atom. The lowest BCUT2D eigenvalue weighted by Crippen LogP contribution is -2.56. The van der Waals surface area contributed by atoms with Gasteiger partial charge in [-0.05, 0) is 63.5 Å². The molecule has 13 heteroatoms.